The van der Waals surface area contributed by atoms with Crippen molar-refractivity contribution < 1.29 is 52.2 Å². The number of carboxylic acids is 1. The number of hydrogen-bond donors (Lipinski definition) is 1. The van der Waals surface area contributed by atoms with E-state index < -0.39 is 40.0 Å². The van der Waals surface area contributed by atoms with Crippen LogP contribution < -0.4 is 9.84 Å². The van der Waals surface area contributed by atoms with Crippen molar-refractivity contribution >= 4 is 41.9 Å². The second-order valence-corrected chi connectivity index (χ2v) is 7.86. The molecule has 0 radical (unpaired) electrons. The van der Waals surface area contributed by atoms with Gasteiger partial charge in [0.25, 0.3) is 5.91 Å². The third-order valence-corrected chi connectivity index (χ3v) is 5.53. The third-order valence-electron chi connectivity index (χ3n) is 3.97. The summed E-state index contributed by atoms with van der Waals surface area (Å²) in [6, 6.07) is 7.80. The van der Waals surface area contributed by atoms with Gasteiger partial charge in [0.05, 0.1) is 6.61 Å². The molecule has 3 unspecified atom stereocenters. The molecular formula is C16H17ClHgN2O5S. The predicted octanol–water partition coefficient (Wildman–Crippen LogP) is 0.559. The van der Waals surface area contributed by atoms with E-state index in [1.54, 1.807) is 38.1 Å². The molecule has 7 nitrogen and oxygen atoms in total. The van der Waals surface area contributed by atoms with Crippen molar-refractivity contribution in [1.29, 1.82) is 0 Å². The molecule has 0 aliphatic carbocycles. The van der Waals surface area contributed by atoms with Gasteiger partial charge in [-0.15, -0.1) is 36.3 Å². The fourth-order valence-corrected chi connectivity index (χ4v) is 4.53. The zero-order valence-corrected chi connectivity index (χ0v) is 21.4. The number of carboxylic acid groups (broad SMARTS) is 1. The Morgan fingerprint density at radius 3 is 2.81 bits per heavy atom. The molecule has 2 fully saturated rings. The molecule has 0 bridgehead atoms. The summed E-state index contributed by atoms with van der Waals surface area (Å²) in [5.41, 5.74) is 0. The fourth-order valence-electron chi connectivity index (χ4n) is 2.92. The van der Waals surface area contributed by atoms with Crippen LogP contribution in [0.3, 0.4) is 0 Å². The molecule has 1 aromatic carbocycles. The van der Waals surface area contributed by atoms with Gasteiger partial charge < -0.3 is 19.8 Å². The van der Waals surface area contributed by atoms with Gasteiger partial charge in [-0.3, -0.25) is 9.79 Å². The van der Waals surface area contributed by atoms with E-state index in [0.29, 0.717) is 5.75 Å². The number of carbonyl (C=O) groups is 2. The first kappa shape index (κ1) is 23.0. The van der Waals surface area contributed by atoms with Crippen LogP contribution in [-0.2, 0) is 37.3 Å². The SMILES string of the molecule is CC1(C)SC2C(N=C([O-])COc3c[c-]ccc3)C(=O)N2C1C(=O)O.Cl.[Hg+2]. The Balaban J connectivity index is 0.00000169. The Morgan fingerprint density at radius 2 is 2.23 bits per heavy atom. The summed E-state index contributed by atoms with van der Waals surface area (Å²) < 4.78 is 4.65. The number of β-lactam (4-membered cyclic amide) rings is 1. The van der Waals surface area contributed by atoms with Gasteiger partial charge in [0, 0.05) is 10.5 Å². The van der Waals surface area contributed by atoms with Crippen molar-refractivity contribution in [2.45, 2.75) is 36.1 Å². The fraction of sp³-hybridized carbons (Fsp3) is 0.438. The molecule has 1 aromatic rings. The summed E-state index contributed by atoms with van der Waals surface area (Å²) in [5.74, 6) is -1.53. The number of nitrogens with zero attached hydrogens (tertiary/aromatic N) is 2. The maximum atomic E-state index is 12.2. The van der Waals surface area contributed by atoms with E-state index in [1.165, 1.54) is 16.7 Å². The molecule has 2 heterocycles. The van der Waals surface area contributed by atoms with Crippen LogP contribution in [0.1, 0.15) is 13.8 Å². The van der Waals surface area contributed by atoms with E-state index in [4.69, 9.17) is 4.74 Å². The van der Waals surface area contributed by atoms with Gasteiger partial charge in [-0.1, -0.05) is 0 Å². The van der Waals surface area contributed by atoms with Gasteiger partial charge in [0.1, 0.15) is 11.4 Å². The largest absolute Gasteiger partial charge is 2.00 e. The van der Waals surface area contributed by atoms with Gasteiger partial charge in [-0.05, 0) is 19.7 Å². The quantitative estimate of drug-likeness (QED) is 0.178. The minimum absolute atomic E-state index is 0. The molecule has 10 heteroatoms. The number of amides is 1. The van der Waals surface area contributed by atoms with Gasteiger partial charge in [-0.25, -0.2) is 4.79 Å². The molecule has 1 N–H and O–H groups in total. The standard InChI is InChI=1S/C16H17N2O5S.ClH.Hg/c1-16(2)12(15(21)22)18-13(20)11(14(18)24-16)17-10(19)8-23-9-6-4-3-5-7-9;;/h3-4,6-7,11-12,14H,8H2,1-2H3,(H,17,19)(H,21,22);1H;/q-1;;+2/p-1. The number of aliphatic carboxylic acids is 1. The molecule has 2 saturated heterocycles. The smallest absolute Gasteiger partial charge is 0.860 e. The van der Waals surface area contributed by atoms with Crippen LogP contribution in [0, 0.1) is 6.07 Å². The molecule has 0 spiro atoms. The van der Waals surface area contributed by atoms with E-state index in [2.05, 4.69) is 11.1 Å². The number of thioether (sulfide) groups is 1. The Morgan fingerprint density at radius 1 is 1.54 bits per heavy atom. The van der Waals surface area contributed by atoms with Crippen LogP contribution in [0.4, 0.5) is 0 Å². The zero-order valence-electron chi connectivity index (χ0n) is 14.2. The maximum absolute atomic E-state index is 12.2. The summed E-state index contributed by atoms with van der Waals surface area (Å²) in [5, 5.41) is 20.9. The Bertz CT molecular complexity index is 703. The molecule has 2 aliphatic rings. The molecule has 136 valence electrons. The molecule has 3 atom stereocenters. The molecule has 3 rings (SSSR count). The average Bonchev–Trinajstić information content (AvgIpc) is 2.80. The third kappa shape index (κ3) is 4.28. The number of benzene rings is 1. The topological polar surface area (TPSA) is 102 Å². The number of carbonyl (C=O) groups excluding carboxylic acids is 1. The van der Waals surface area contributed by atoms with Crippen LogP contribution in [0.25, 0.3) is 0 Å². The predicted molar refractivity (Wildman–Crippen MR) is 93.0 cm³/mol. The molecule has 2 aliphatic heterocycles. The first-order chi connectivity index (χ1) is 11.3. The van der Waals surface area contributed by atoms with E-state index in [9.17, 15) is 19.8 Å². The number of fused-ring (bicyclic) bond motifs is 1. The summed E-state index contributed by atoms with van der Waals surface area (Å²) in [7, 11) is 0. The summed E-state index contributed by atoms with van der Waals surface area (Å²) >= 11 is 1.35. The summed E-state index contributed by atoms with van der Waals surface area (Å²) in [6.45, 7) is 3.27. The van der Waals surface area contributed by atoms with Gasteiger partial charge in [0.2, 0.25) is 0 Å². The van der Waals surface area contributed by atoms with Crippen molar-refractivity contribution in [2.24, 2.45) is 4.99 Å². The monoisotopic (exact) mass is 586 g/mol. The number of hydrogen-bond acceptors (Lipinski definition) is 6. The van der Waals surface area contributed by atoms with Crippen LogP contribution in [0.2, 0.25) is 0 Å². The summed E-state index contributed by atoms with van der Waals surface area (Å²) in [4.78, 5) is 28.8. The second-order valence-electron chi connectivity index (χ2n) is 6.09. The Kier molecular flexibility index (Phi) is 7.80. The van der Waals surface area contributed by atoms with Crippen molar-refractivity contribution in [1.82, 2.24) is 4.90 Å². The Hall–Kier alpha value is -0.995. The zero-order chi connectivity index (χ0) is 17.5. The molecule has 0 saturated carbocycles. The number of aliphatic imine (C=N–C) groups is 1. The van der Waals surface area contributed by atoms with Crippen molar-refractivity contribution in [3.63, 3.8) is 0 Å². The van der Waals surface area contributed by atoms with Gasteiger partial charge in [-0.2, -0.15) is 18.2 Å². The molecule has 1 amide bonds. The van der Waals surface area contributed by atoms with Crippen molar-refractivity contribution in [2.75, 3.05) is 6.61 Å². The minimum atomic E-state index is -1.04. The van der Waals surface area contributed by atoms with Gasteiger partial charge >= 0.3 is 33.6 Å². The molecule has 0 aromatic heterocycles. The number of ether oxygens (including phenoxy) is 1. The van der Waals surface area contributed by atoms with Crippen LogP contribution >= 0.6 is 24.2 Å². The van der Waals surface area contributed by atoms with E-state index in [0.717, 1.165) is 0 Å². The maximum Gasteiger partial charge on any atom is 2.00 e. The van der Waals surface area contributed by atoms with Crippen molar-refractivity contribution in [3.8, 4) is 5.75 Å². The number of rotatable bonds is 5. The minimum Gasteiger partial charge on any atom is -0.860 e. The molecular weight excluding hydrogens is 568 g/mol. The van der Waals surface area contributed by atoms with Crippen molar-refractivity contribution in [3.05, 3.63) is 30.3 Å². The van der Waals surface area contributed by atoms with Crippen LogP contribution in [0.15, 0.2) is 29.3 Å². The first-order valence-corrected chi connectivity index (χ1v) is 8.24. The van der Waals surface area contributed by atoms with E-state index in [1.807, 2.05) is 0 Å². The van der Waals surface area contributed by atoms with E-state index >= 15 is 0 Å². The number of halogens is 1. The second kappa shape index (κ2) is 8.80. The normalized spacial score (nSPS) is 26.1. The van der Waals surface area contributed by atoms with E-state index in [-0.39, 0.29) is 46.7 Å². The van der Waals surface area contributed by atoms with Gasteiger partial charge in [0.15, 0.2) is 6.04 Å². The molecule has 26 heavy (non-hydrogen) atoms. The first-order valence-electron chi connectivity index (χ1n) is 7.36. The van der Waals surface area contributed by atoms with Crippen LogP contribution in [0.5, 0.6) is 5.75 Å². The average molecular weight is 585 g/mol. The Labute approximate surface area is 182 Å². The summed E-state index contributed by atoms with van der Waals surface area (Å²) in [6.07, 6.45) is 0. The van der Waals surface area contributed by atoms with Crippen LogP contribution in [-0.4, -0.2) is 56.6 Å².